The van der Waals surface area contributed by atoms with Gasteiger partial charge in [-0.3, -0.25) is 4.79 Å². The zero-order chi connectivity index (χ0) is 8.48. The molecule has 0 heterocycles. The van der Waals surface area contributed by atoms with Crippen molar-refractivity contribution >= 4 is 5.97 Å². The molecule has 2 heteroatoms. The molecule has 1 rings (SSSR count). The lowest BCUT2D eigenvalue weighted by Crippen LogP contribution is -2.17. The Morgan fingerprint density at radius 1 is 1.91 bits per heavy atom. The van der Waals surface area contributed by atoms with Crippen LogP contribution in [0, 0.1) is 11.3 Å². The summed E-state index contributed by atoms with van der Waals surface area (Å²) >= 11 is 0. The van der Waals surface area contributed by atoms with E-state index >= 15 is 0 Å². The second kappa shape index (κ2) is 2.68. The van der Waals surface area contributed by atoms with Gasteiger partial charge >= 0.3 is 5.97 Å². The van der Waals surface area contributed by atoms with Gasteiger partial charge in [0.25, 0.3) is 0 Å². The average molecular weight is 154 g/mol. The first-order chi connectivity index (χ1) is 5.17. The molecule has 0 aliphatic heterocycles. The molecule has 0 saturated heterocycles. The fraction of sp³-hybridized carbons (Fsp3) is 0.667. The molecule has 1 saturated carbocycles. The van der Waals surface area contributed by atoms with Gasteiger partial charge in [-0.2, -0.15) is 0 Å². The summed E-state index contributed by atoms with van der Waals surface area (Å²) in [4.78, 5) is 11.3. The van der Waals surface area contributed by atoms with Crippen molar-refractivity contribution in [1.29, 1.82) is 0 Å². The molecule has 2 nitrogen and oxygen atoms in total. The highest BCUT2D eigenvalue weighted by atomic mass is 16.5. The molecule has 0 amide bonds. The second-order valence-corrected chi connectivity index (χ2v) is 3.19. The van der Waals surface area contributed by atoms with Gasteiger partial charge in [-0.15, -0.1) is 0 Å². The van der Waals surface area contributed by atoms with Crippen LogP contribution in [0.3, 0.4) is 0 Å². The van der Waals surface area contributed by atoms with Crippen LogP contribution in [0.15, 0.2) is 12.8 Å². The summed E-state index contributed by atoms with van der Waals surface area (Å²) in [5.74, 6) is 0.377. The first-order valence-electron chi connectivity index (χ1n) is 3.99. The lowest BCUT2D eigenvalue weighted by molar-refractivity contribution is -0.145. The number of hydrogen-bond acceptors (Lipinski definition) is 2. The summed E-state index contributed by atoms with van der Waals surface area (Å²) in [5, 5.41) is 0. The van der Waals surface area contributed by atoms with Crippen LogP contribution in [0.2, 0.25) is 0 Å². The smallest absolute Gasteiger partial charge is 0.317 e. The summed E-state index contributed by atoms with van der Waals surface area (Å²) in [6, 6.07) is 0. The Labute approximate surface area is 67.2 Å². The van der Waals surface area contributed by atoms with Gasteiger partial charge in [-0.05, 0) is 18.8 Å². The highest BCUT2D eigenvalue weighted by Crippen LogP contribution is 2.55. The third-order valence-electron chi connectivity index (χ3n) is 2.68. The predicted molar refractivity (Wildman–Crippen MR) is 42.8 cm³/mol. The molecule has 0 aromatic carbocycles. The van der Waals surface area contributed by atoms with E-state index in [4.69, 9.17) is 4.74 Å². The maximum absolute atomic E-state index is 11.3. The number of rotatable bonds is 3. The molecule has 0 spiro atoms. The number of carbonyl (C=O) groups is 1. The summed E-state index contributed by atoms with van der Waals surface area (Å²) in [6.45, 7) is 7.46. The van der Waals surface area contributed by atoms with Gasteiger partial charge in [-0.25, -0.2) is 0 Å². The average Bonchev–Trinajstić information content (AvgIpc) is 2.63. The fourth-order valence-corrected chi connectivity index (χ4v) is 1.60. The quantitative estimate of drug-likeness (QED) is 0.459. The Bertz CT molecular complexity index is 182. The van der Waals surface area contributed by atoms with Crippen LogP contribution in [0.4, 0.5) is 0 Å². The molecule has 2 unspecified atom stereocenters. The largest absolute Gasteiger partial charge is 0.435 e. The molecule has 1 aliphatic rings. The second-order valence-electron chi connectivity index (χ2n) is 3.19. The topological polar surface area (TPSA) is 26.3 Å². The van der Waals surface area contributed by atoms with Crippen molar-refractivity contribution in [2.24, 2.45) is 11.3 Å². The molecule has 1 fully saturated rings. The summed E-state index contributed by atoms with van der Waals surface area (Å²) in [6.07, 6.45) is 3.06. The number of hydrogen-bond donors (Lipinski definition) is 0. The zero-order valence-corrected chi connectivity index (χ0v) is 7.09. The van der Waals surface area contributed by atoms with Crippen LogP contribution in [0.1, 0.15) is 26.7 Å². The minimum Gasteiger partial charge on any atom is -0.435 e. The SMILES string of the molecule is C=COC(=O)C1(CC)CC1C. The van der Waals surface area contributed by atoms with Crippen molar-refractivity contribution in [1.82, 2.24) is 0 Å². The highest BCUT2D eigenvalue weighted by molar-refractivity contribution is 5.80. The molecule has 0 bridgehead atoms. The Kier molecular flexibility index (Phi) is 2.03. The fourth-order valence-electron chi connectivity index (χ4n) is 1.60. The molecular formula is C9H14O2. The van der Waals surface area contributed by atoms with Crippen molar-refractivity contribution < 1.29 is 9.53 Å². The standard InChI is InChI=1S/C9H14O2/c1-4-9(6-7(9)3)8(10)11-5-2/h5,7H,2,4,6H2,1,3H3. The van der Waals surface area contributed by atoms with Crippen molar-refractivity contribution in [2.45, 2.75) is 26.7 Å². The maximum Gasteiger partial charge on any atom is 0.317 e. The molecule has 2 atom stereocenters. The normalized spacial score (nSPS) is 34.5. The molecule has 62 valence electrons. The molecule has 0 aromatic heterocycles. The minimum atomic E-state index is -0.172. The van der Waals surface area contributed by atoms with Crippen molar-refractivity contribution in [3.63, 3.8) is 0 Å². The predicted octanol–water partition coefficient (Wildman–Crippen LogP) is 2.11. The molecule has 0 N–H and O–H groups in total. The van der Waals surface area contributed by atoms with Crippen LogP contribution in [0.25, 0.3) is 0 Å². The Hall–Kier alpha value is -0.790. The third kappa shape index (κ3) is 1.17. The molecule has 0 radical (unpaired) electrons. The lowest BCUT2D eigenvalue weighted by atomic mass is 10.0. The van der Waals surface area contributed by atoms with E-state index in [0.29, 0.717) is 5.92 Å². The van der Waals surface area contributed by atoms with Gasteiger partial charge < -0.3 is 4.74 Å². The summed E-state index contributed by atoms with van der Waals surface area (Å²) < 4.78 is 4.76. The van der Waals surface area contributed by atoms with Crippen LogP contribution in [-0.4, -0.2) is 5.97 Å². The van der Waals surface area contributed by atoms with E-state index in [2.05, 4.69) is 13.5 Å². The molecule has 1 aliphatic carbocycles. The third-order valence-corrected chi connectivity index (χ3v) is 2.68. The van der Waals surface area contributed by atoms with E-state index in [9.17, 15) is 4.79 Å². The van der Waals surface area contributed by atoms with Crippen molar-refractivity contribution in [2.75, 3.05) is 0 Å². The van der Waals surface area contributed by atoms with Crippen LogP contribution in [0.5, 0.6) is 0 Å². The zero-order valence-electron chi connectivity index (χ0n) is 7.09. The van der Waals surface area contributed by atoms with E-state index in [0.717, 1.165) is 12.8 Å². The molecular weight excluding hydrogens is 140 g/mol. The number of ether oxygens (including phenoxy) is 1. The summed E-state index contributed by atoms with van der Waals surface area (Å²) in [7, 11) is 0. The van der Waals surface area contributed by atoms with E-state index < -0.39 is 0 Å². The van der Waals surface area contributed by atoms with Gasteiger partial charge in [0, 0.05) is 0 Å². The van der Waals surface area contributed by atoms with Crippen LogP contribution < -0.4 is 0 Å². The van der Waals surface area contributed by atoms with Gasteiger partial charge in [0.1, 0.15) is 0 Å². The van der Waals surface area contributed by atoms with Crippen molar-refractivity contribution in [3.8, 4) is 0 Å². The highest BCUT2D eigenvalue weighted by Gasteiger charge is 2.56. The Balaban J connectivity index is 2.57. The van der Waals surface area contributed by atoms with Crippen LogP contribution >= 0.6 is 0 Å². The molecule has 0 aromatic rings. The first kappa shape index (κ1) is 8.31. The number of carbonyl (C=O) groups excluding carboxylic acids is 1. The minimum absolute atomic E-state index is 0.109. The van der Waals surface area contributed by atoms with Crippen molar-refractivity contribution in [3.05, 3.63) is 12.8 Å². The maximum atomic E-state index is 11.3. The van der Waals surface area contributed by atoms with Gasteiger partial charge in [-0.1, -0.05) is 20.4 Å². The van der Waals surface area contributed by atoms with Gasteiger partial charge in [0.15, 0.2) is 0 Å². The first-order valence-corrected chi connectivity index (χ1v) is 3.99. The molecule has 11 heavy (non-hydrogen) atoms. The van der Waals surface area contributed by atoms with Gasteiger partial charge in [0.05, 0.1) is 11.7 Å². The van der Waals surface area contributed by atoms with E-state index in [1.165, 1.54) is 6.26 Å². The monoisotopic (exact) mass is 154 g/mol. The van der Waals surface area contributed by atoms with E-state index in [1.807, 2.05) is 6.92 Å². The summed E-state index contributed by atoms with van der Waals surface area (Å²) in [5.41, 5.74) is -0.172. The Morgan fingerprint density at radius 3 is 2.73 bits per heavy atom. The lowest BCUT2D eigenvalue weighted by Gasteiger charge is -2.09. The Morgan fingerprint density at radius 2 is 2.45 bits per heavy atom. The van der Waals surface area contributed by atoms with Gasteiger partial charge in [0.2, 0.25) is 0 Å². The number of esters is 1. The van der Waals surface area contributed by atoms with Crippen LogP contribution in [-0.2, 0) is 9.53 Å². The van der Waals surface area contributed by atoms with E-state index in [1.54, 1.807) is 0 Å². The van der Waals surface area contributed by atoms with E-state index in [-0.39, 0.29) is 11.4 Å².